The van der Waals surface area contributed by atoms with E-state index in [-0.39, 0.29) is 17.8 Å². The molecule has 0 aliphatic heterocycles. The molecule has 0 aromatic rings. The van der Waals surface area contributed by atoms with Gasteiger partial charge in [0.05, 0.1) is 0 Å². The van der Waals surface area contributed by atoms with Crippen LogP contribution in [-0.4, -0.2) is 12.4 Å². The topological polar surface area (TPSA) is 0 Å². The van der Waals surface area contributed by atoms with Crippen LogP contribution in [-0.2, 0) is 0 Å². The van der Waals surface area contributed by atoms with Gasteiger partial charge in [-0.3, -0.25) is 0 Å². The monoisotopic (exact) mass is 368 g/mol. The predicted molar refractivity (Wildman–Crippen MR) is 83.6 cm³/mol. The molecule has 0 spiro atoms. The Balaban J connectivity index is 1.86. The maximum atomic E-state index is 13.5. The van der Waals surface area contributed by atoms with Crippen LogP contribution in [0.4, 0.5) is 26.3 Å². The summed E-state index contributed by atoms with van der Waals surface area (Å²) >= 11 is 0. The number of fused-ring (bicyclic) bond motifs is 5. The van der Waals surface area contributed by atoms with Gasteiger partial charge in [-0.2, -0.15) is 26.3 Å². The molecule has 6 heteroatoms. The summed E-state index contributed by atoms with van der Waals surface area (Å²) in [5, 5.41) is 0. The first-order chi connectivity index (χ1) is 11.5. The highest BCUT2D eigenvalue weighted by molar-refractivity contribution is 5.11. The van der Waals surface area contributed by atoms with Crippen molar-refractivity contribution in [1.82, 2.24) is 0 Å². The zero-order chi connectivity index (χ0) is 18.8. The van der Waals surface area contributed by atoms with Gasteiger partial charge < -0.3 is 0 Å². The molecule has 2 bridgehead atoms. The Morgan fingerprint density at radius 2 is 1.56 bits per heavy atom. The molecule has 0 aromatic heterocycles. The second-order valence-corrected chi connectivity index (χ2v) is 8.56. The first kappa shape index (κ1) is 19.1. The third kappa shape index (κ3) is 2.64. The smallest absolute Gasteiger partial charge is 0.170 e. The van der Waals surface area contributed by atoms with Crippen LogP contribution in [0.2, 0.25) is 0 Å². The lowest BCUT2D eigenvalue weighted by molar-refractivity contribution is -0.348. The van der Waals surface area contributed by atoms with E-state index in [0.29, 0.717) is 24.2 Å². The fourth-order valence-electron chi connectivity index (χ4n) is 6.64. The van der Waals surface area contributed by atoms with Gasteiger partial charge in [0, 0.05) is 0 Å². The van der Waals surface area contributed by atoms with Gasteiger partial charge in [0.2, 0.25) is 0 Å². The molecule has 0 N–H and O–H groups in total. The highest BCUT2D eigenvalue weighted by Gasteiger charge is 2.71. The zero-order valence-electron chi connectivity index (χ0n) is 14.6. The van der Waals surface area contributed by atoms with Gasteiger partial charge in [0.1, 0.15) is 0 Å². The molecule has 3 rings (SSSR count). The van der Waals surface area contributed by atoms with Gasteiger partial charge in [0.15, 0.2) is 5.41 Å². The molecular formula is C19H26F6. The van der Waals surface area contributed by atoms with Crippen molar-refractivity contribution >= 4 is 0 Å². The highest BCUT2D eigenvalue weighted by Crippen LogP contribution is 2.68. The molecule has 7 atom stereocenters. The second kappa shape index (κ2) is 5.91. The fourth-order valence-corrected chi connectivity index (χ4v) is 6.64. The lowest BCUT2D eigenvalue weighted by Crippen LogP contribution is -2.51. The quantitative estimate of drug-likeness (QED) is 0.386. The normalized spacial score (nSPS) is 41.2. The zero-order valence-corrected chi connectivity index (χ0v) is 14.6. The molecule has 25 heavy (non-hydrogen) atoms. The van der Waals surface area contributed by atoms with Crippen LogP contribution in [0.15, 0.2) is 12.7 Å². The number of alkyl halides is 6. The lowest BCUT2D eigenvalue weighted by Gasteiger charge is -2.42. The Labute approximate surface area is 145 Å². The molecule has 0 heterocycles. The minimum atomic E-state index is -5.26. The lowest BCUT2D eigenvalue weighted by atomic mass is 9.65. The van der Waals surface area contributed by atoms with E-state index >= 15 is 0 Å². The summed E-state index contributed by atoms with van der Waals surface area (Å²) in [7, 11) is 0. The Bertz CT molecular complexity index is 505. The van der Waals surface area contributed by atoms with Crippen molar-refractivity contribution in [2.75, 3.05) is 0 Å². The van der Waals surface area contributed by atoms with Gasteiger partial charge in [-0.1, -0.05) is 19.9 Å². The van der Waals surface area contributed by atoms with Crippen molar-refractivity contribution in [3.63, 3.8) is 0 Å². The van der Waals surface area contributed by atoms with Crippen LogP contribution in [0.1, 0.15) is 46.0 Å². The standard InChI is InChI=1S/C19H26F6/c1-4-11-6-10(3)15-14-8-12(16(11)15)7-13(14)9-17(5-2,18(20,21)22)19(23,24)25/h4,10-16H,1,5-9H2,2-3H3. The molecule has 0 saturated heterocycles. The van der Waals surface area contributed by atoms with Gasteiger partial charge in [-0.25, -0.2) is 0 Å². The largest absolute Gasteiger partial charge is 0.403 e. The van der Waals surface area contributed by atoms with Gasteiger partial charge >= 0.3 is 12.4 Å². The van der Waals surface area contributed by atoms with Crippen LogP contribution in [0.5, 0.6) is 0 Å². The van der Waals surface area contributed by atoms with E-state index in [9.17, 15) is 26.3 Å². The Morgan fingerprint density at radius 1 is 0.960 bits per heavy atom. The predicted octanol–water partition coefficient (Wildman–Crippen LogP) is 6.63. The van der Waals surface area contributed by atoms with E-state index in [0.717, 1.165) is 19.8 Å². The second-order valence-electron chi connectivity index (χ2n) is 8.56. The number of hydrogen-bond donors (Lipinski definition) is 0. The highest BCUT2D eigenvalue weighted by atomic mass is 19.4. The summed E-state index contributed by atoms with van der Waals surface area (Å²) in [5.74, 6) is 1.22. The fraction of sp³-hybridized carbons (Fsp3) is 0.895. The van der Waals surface area contributed by atoms with E-state index < -0.39 is 36.5 Å². The summed E-state index contributed by atoms with van der Waals surface area (Å²) in [6.07, 6.45) is -8.03. The number of hydrogen-bond acceptors (Lipinski definition) is 0. The van der Waals surface area contributed by atoms with Crippen molar-refractivity contribution in [3.8, 4) is 0 Å². The maximum absolute atomic E-state index is 13.5. The molecule has 3 aliphatic rings. The van der Waals surface area contributed by atoms with Crippen molar-refractivity contribution in [1.29, 1.82) is 0 Å². The number of halogens is 6. The summed E-state index contributed by atoms with van der Waals surface area (Å²) in [6.45, 7) is 6.99. The first-order valence-electron chi connectivity index (χ1n) is 9.22. The minimum Gasteiger partial charge on any atom is -0.170 e. The summed E-state index contributed by atoms with van der Waals surface area (Å²) in [4.78, 5) is 0. The molecule has 0 radical (unpaired) electrons. The van der Waals surface area contributed by atoms with Crippen molar-refractivity contribution < 1.29 is 26.3 Å². The Morgan fingerprint density at radius 3 is 2.04 bits per heavy atom. The van der Waals surface area contributed by atoms with E-state index in [1.54, 1.807) is 0 Å². The third-order valence-corrected chi connectivity index (χ3v) is 7.67. The van der Waals surface area contributed by atoms with Crippen LogP contribution >= 0.6 is 0 Å². The Hall–Kier alpha value is -0.680. The third-order valence-electron chi connectivity index (χ3n) is 7.67. The van der Waals surface area contributed by atoms with Gasteiger partial charge in [-0.15, -0.1) is 6.58 Å². The Kier molecular flexibility index (Phi) is 4.52. The summed E-state index contributed by atoms with van der Waals surface area (Å²) < 4.78 is 81.0. The molecule has 0 nitrogen and oxygen atoms in total. The van der Waals surface area contributed by atoms with Crippen LogP contribution in [0.25, 0.3) is 0 Å². The molecule has 3 saturated carbocycles. The van der Waals surface area contributed by atoms with Gasteiger partial charge in [0.25, 0.3) is 0 Å². The van der Waals surface area contributed by atoms with Gasteiger partial charge in [-0.05, 0) is 73.5 Å². The minimum absolute atomic E-state index is 0.00516. The molecule has 7 unspecified atom stereocenters. The van der Waals surface area contributed by atoms with Crippen molar-refractivity contribution in [2.45, 2.75) is 58.3 Å². The van der Waals surface area contributed by atoms with E-state index in [1.807, 2.05) is 6.08 Å². The van der Waals surface area contributed by atoms with Crippen LogP contribution in [0, 0.1) is 46.8 Å². The van der Waals surface area contributed by atoms with Crippen molar-refractivity contribution in [2.24, 2.45) is 46.8 Å². The first-order valence-corrected chi connectivity index (χ1v) is 9.22. The van der Waals surface area contributed by atoms with E-state index in [1.165, 1.54) is 0 Å². The van der Waals surface area contributed by atoms with Crippen LogP contribution < -0.4 is 0 Å². The van der Waals surface area contributed by atoms with Crippen LogP contribution in [0.3, 0.4) is 0 Å². The molecule has 3 aliphatic carbocycles. The molecular weight excluding hydrogens is 342 g/mol. The maximum Gasteiger partial charge on any atom is 0.403 e. The van der Waals surface area contributed by atoms with E-state index in [4.69, 9.17) is 0 Å². The van der Waals surface area contributed by atoms with E-state index in [2.05, 4.69) is 13.5 Å². The summed E-state index contributed by atoms with van der Waals surface area (Å²) in [6, 6.07) is 0. The SMILES string of the molecule is C=CC1CC(C)C2C3CC(CC3CC(CC)(C(F)(F)F)C(F)(F)F)C12. The van der Waals surface area contributed by atoms with Crippen molar-refractivity contribution in [3.05, 3.63) is 12.7 Å². The molecule has 144 valence electrons. The number of rotatable bonds is 4. The molecule has 3 fully saturated rings. The average molecular weight is 368 g/mol. The average Bonchev–Trinajstić information content (AvgIpc) is 3.13. The molecule has 0 aromatic carbocycles. The number of allylic oxidation sites excluding steroid dienone is 1. The summed E-state index contributed by atoms with van der Waals surface area (Å²) in [5.41, 5.74) is -3.57. The molecule has 0 amide bonds.